The third-order valence-electron chi connectivity index (χ3n) is 3.33. The summed E-state index contributed by atoms with van der Waals surface area (Å²) in [5, 5.41) is 14.6. The average molecular weight is 316 g/mol. The standard InChI is InChI=1S/C17H17FN2O3/c1-11-6-2-3-7-12(11)15(21)10-19-16(22)17(23)20-14-9-5-4-8-13(14)18/h2-9,15,21H,10H2,1H3,(H,19,22)(H,20,23). The fraction of sp³-hybridized carbons (Fsp3) is 0.176. The van der Waals surface area contributed by atoms with Gasteiger partial charge in [-0.3, -0.25) is 9.59 Å². The molecule has 3 N–H and O–H groups in total. The highest BCUT2D eigenvalue weighted by Gasteiger charge is 2.17. The van der Waals surface area contributed by atoms with E-state index in [0.29, 0.717) is 5.56 Å². The molecule has 0 fully saturated rings. The molecule has 23 heavy (non-hydrogen) atoms. The van der Waals surface area contributed by atoms with Gasteiger partial charge in [-0.05, 0) is 30.2 Å². The predicted molar refractivity (Wildman–Crippen MR) is 84.2 cm³/mol. The SMILES string of the molecule is Cc1ccccc1C(O)CNC(=O)C(=O)Nc1ccccc1F. The molecule has 0 aromatic heterocycles. The lowest BCUT2D eigenvalue weighted by atomic mass is 10.0. The molecule has 0 heterocycles. The van der Waals surface area contributed by atoms with E-state index >= 15 is 0 Å². The number of aliphatic hydroxyl groups is 1. The molecule has 0 aliphatic heterocycles. The molecule has 0 saturated carbocycles. The largest absolute Gasteiger partial charge is 0.387 e. The first-order valence-corrected chi connectivity index (χ1v) is 7.06. The number of para-hydroxylation sites is 1. The fourth-order valence-corrected chi connectivity index (χ4v) is 2.08. The Bertz CT molecular complexity index is 718. The van der Waals surface area contributed by atoms with Gasteiger partial charge < -0.3 is 15.7 Å². The van der Waals surface area contributed by atoms with Crippen molar-refractivity contribution in [2.75, 3.05) is 11.9 Å². The molecule has 0 radical (unpaired) electrons. The van der Waals surface area contributed by atoms with Gasteiger partial charge in [0.15, 0.2) is 0 Å². The van der Waals surface area contributed by atoms with Crippen molar-refractivity contribution in [3.8, 4) is 0 Å². The number of anilines is 1. The van der Waals surface area contributed by atoms with Crippen molar-refractivity contribution in [3.05, 3.63) is 65.5 Å². The van der Waals surface area contributed by atoms with E-state index in [1.54, 1.807) is 18.2 Å². The van der Waals surface area contributed by atoms with Crippen LogP contribution in [-0.4, -0.2) is 23.5 Å². The number of hydrogen-bond donors (Lipinski definition) is 3. The lowest BCUT2D eigenvalue weighted by Crippen LogP contribution is -2.37. The Hall–Kier alpha value is -2.73. The number of benzene rings is 2. The van der Waals surface area contributed by atoms with E-state index in [1.165, 1.54) is 18.2 Å². The molecule has 0 saturated heterocycles. The van der Waals surface area contributed by atoms with Gasteiger partial charge in [0.2, 0.25) is 0 Å². The highest BCUT2D eigenvalue weighted by atomic mass is 19.1. The zero-order valence-electron chi connectivity index (χ0n) is 12.5. The Balaban J connectivity index is 1.91. The topological polar surface area (TPSA) is 78.4 Å². The van der Waals surface area contributed by atoms with E-state index in [2.05, 4.69) is 10.6 Å². The maximum atomic E-state index is 13.4. The van der Waals surface area contributed by atoms with E-state index in [1.807, 2.05) is 19.1 Å². The number of rotatable bonds is 4. The predicted octanol–water partition coefficient (Wildman–Crippen LogP) is 1.92. The monoisotopic (exact) mass is 316 g/mol. The number of carbonyl (C=O) groups excluding carboxylic acids is 2. The molecule has 0 spiro atoms. The molecule has 2 aromatic rings. The summed E-state index contributed by atoms with van der Waals surface area (Å²) in [6.45, 7) is 1.72. The molecule has 6 heteroatoms. The summed E-state index contributed by atoms with van der Waals surface area (Å²) in [5.74, 6) is -2.57. The van der Waals surface area contributed by atoms with Crippen molar-refractivity contribution < 1.29 is 19.1 Å². The molecule has 120 valence electrons. The molecule has 0 aliphatic rings. The van der Waals surface area contributed by atoms with Gasteiger partial charge >= 0.3 is 11.8 Å². The molecule has 0 bridgehead atoms. The summed E-state index contributed by atoms with van der Waals surface area (Å²) in [7, 11) is 0. The van der Waals surface area contributed by atoms with Crippen LogP contribution in [0.5, 0.6) is 0 Å². The van der Waals surface area contributed by atoms with Gasteiger partial charge in [-0.25, -0.2) is 4.39 Å². The van der Waals surface area contributed by atoms with Crippen molar-refractivity contribution in [1.29, 1.82) is 0 Å². The van der Waals surface area contributed by atoms with Crippen molar-refractivity contribution in [2.24, 2.45) is 0 Å². The first kappa shape index (κ1) is 16.6. The summed E-state index contributed by atoms with van der Waals surface area (Å²) in [6, 6.07) is 12.7. The maximum Gasteiger partial charge on any atom is 0.313 e. The molecule has 5 nitrogen and oxygen atoms in total. The summed E-state index contributed by atoms with van der Waals surface area (Å²) in [5.41, 5.74) is 1.47. The second kappa shape index (κ2) is 7.51. The smallest absolute Gasteiger partial charge is 0.313 e. The molecule has 2 rings (SSSR count). The summed E-state index contributed by atoms with van der Waals surface area (Å²) < 4.78 is 13.4. The van der Waals surface area contributed by atoms with Crippen LogP contribution in [0.25, 0.3) is 0 Å². The van der Waals surface area contributed by atoms with Crippen LogP contribution < -0.4 is 10.6 Å². The Kier molecular flexibility index (Phi) is 5.43. The Labute approximate surface area is 133 Å². The molecular weight excluding hydrogens is 299 g/mol. The van der Waals surface area contributed by atoms with Crippen molar-refractivity contribution in [2.45, 2.75) is 13.0 Å². The third-order valence-corrected chi connectivity index (χ3v) is 3.33. The van der Waals surface area contributed by atoms with Crippen molar-refractivity contribution in [1.82, 2.24) is 5.32 Å². The molecule has 1 unspecified atom stereocenters. The highest BCUT2D eigenvalue weighted by Crippen LogP contribution is 2.16. The van der Waals surface area contributed by atoms with Crippen LogP contribution in [0.15, 0.2) is 48.5 Å². The second-order valence-electron chi connectivity index (χ2n) is 5.02. The number of aliphatic hydroxyl groups excluding tert-OH is 1. The Morgan fingerprint density at radius 1 is 1.09 bits per heavy atom. The summed E-state index contributed by atoms with van der Waals surface area (Å²) in [4.78, 5) is 23.4. The maximum absolute atomic E-state index is 13.4. The van der Waals surface area contributed by atoms with E-state index in [0.717, 1.165) is 5.56 Å². The van der Waals surface area contributed by atoms with Crippen LogP contribution in [0.3, 0.4) is 0 Å². The Morgan fingerprint density at radius 2 is 1.74 bits per heavy atom. The first-order chi connectivity index (χ1) is 11.0. The molecule has 2 amide bonds. The van der Waals surface area contributed by atoms with Crippen LogP contribution >= 0.6 is 0 Å². The zero-order valence-corrected chi connectivity index (χ0v) is 12.5. The van der Waals surface area contributed by atoms with Gasteiger partial charge in [0, 0.05) is 6.54 Å². The normalized spacial score (nSPS) is 11.6. The zero-order chi connectivity index (χ0) is 16.8. The second-order valence-corrected chi connectivity index (χ2v) is 5.02. The van der Waals surface area contributed by atoms with E-state index < -0.39 is 23.7 Å². The number of aryl methyl sites for hydroxylation is 1. The van der Waals surface area contributed by atoms with Crippen LogP contribution in [0.1, 0.15) is 17.2 Å². The van der Waals surface area contributed by atoms with Gasteiger partial charge in [-0.15, -0.1) is 0 Å². The van der Waals surface area contributed by atoms with Crippen LogP contribution in [-0.2, 0) is 9.59 Å². The van der Waals surface area contributed by atoms with Gasteiger partial charge in [-0.2, -0.15) is 0 Å². The minimum absolute atomic E-state index is 0.0768. The molecule has 0 aliphatic carbocycles. The van der Waals surface area contributed by atoms with Gasteiger partial charge in [0.1, 0.15) is 5.82 Å². The minimum atomic E-state index is -0.993. The van der Waals surface area contributed by atoms with Crippen molar-refractivity contribution in [3.63, 3.8) is 0 Å². The molecular formula is C17H17FN2O3. The van der Waals surface area contributed by atoms with E-state index in [-0.39, 0.29) is 12.2 Å². The number of nitrogens with one attached hydrogen (secondary N) is 2. The Morgan fingerprint density at radius 3 is 2.43 bits per heavy atom. The van der Waals surface area contributed by atoms with Crippen molar-refractivity contribution >= 4 is 17.5 Å². The van der Waals surface area contributed by atoms with E-state index in [9.17, 15) is 19.1 Å². The van der Waals surface area contributed by atoms with Crippen LogP contribution in [0.2, 0.25) is 0 Å². The van der Waals surface area contributed by atoms with Gasteiger partial charge in [0.25, 0.3) is 0 Å². The average Bonchev–Trinajstić information content (AvgIpc) is 2.54. The minimum Gasteiger partial charge on any atom is -0.387 e. The lowest BCUT2D eigenvalue weighted by Gasteiger charge is -2.14. The summed E-state index contributed by atoms with van der Waals surface area (Å²) >= 11 is 0. The van der Waals surface area contributed by atoms with E-state index in [4.69, 9.17) is 0 Å². The number of halogens is 1. The molecule has 1 atom stereocenters. The lowest BCUT2D eigenvalue weighted by molar-refractivity contribution is -0.136. The number of amides is 2. The van der Waals surface area contributed by atoms with Crippen LogP contribution in [0.4, 0.5) is 10.1 Å². The van der Waals surface area contributed by atoms with Gasteiger partial charge in [0.05, 0.1) is 11.8 Å². The number of carbonyl (C=O) groups is 2. The van der Waals surface area contributed by atoms with Gasteiger partial charge in [-0.1, -0.05) is 36.4 Å². The summed E-state index contributed by atoms with van der Waals surface area (Å²) in [6.07, 6.45) is -0.929. The third kappa shape index (κ3) is 4.37. The highest BCUT2D eigenvalue weighted by molar-refractivity contribution is 6.39. The molecule has 2 aromatic carbocycles. The number of hydrogen-bond acceptors (Lipinski definition) is 3. The first-order valence-electron chi connectivity index (χ1n) is 7.06. The fourth-order valence-electron chi connectivity index (χ4n) is 2.08. The van der Waals surface area contributed by atoms with Crippen LogP contribution in [0, 0.1) is 12.7 Å². The quantitative estimate of drug-likeness (QED) is 0.754.